The van der Waals surface area contributed by atoms with Crippen molar-refractivity contribution in [2.75, 3.05) is 7.11 Å². The predicted molar refractivity (Wildman–Crippen MR) is 62.5 cm³/mol. The highest BCUT2D eigenvalue weighted by molar-refractivity contribution is 5.91. The molecule has 0 bridgehead atoms. The van der Waals surface area contributed by atoms with Gasteiger partial charge in [-0.05, 0) is 12.1 Å². The maximum absolute atomic E-state index is 11.0. The van der Waals surface area contributed by atoms with E-state index in [1.165, 1.54) is 26.2 Å². The molecule has 0 saturated carbocycles. The lowest BCUT2D eigenvalue weighted by Crippen LogP contribution is -2.06. The van der Waals surface area contributed by atoms with Crippen molar-refractivity contribution in [1.82, 2.24) is 0 Å². The second-order valence-electron chi connectivity index (χ2n) is 3.21. The van der Waals surface area contributed by atoms with E-state index in [1.807, 2.05) is 0 Å². The first-order valence-electron chi connectivity index (χ1n) is 4.87. The molecule has 0 aromatic heterocycles. The minimum Gasteiger partial charge on any atom is -0.493 e. The first kappa shape index (κ1) is 12.8. The van der Waals surface area contributed by atoms with Crippen LogP contribution in [-0.2, 0) is 9.59 Å². The van der Waals surface area contributed by atoms with Crippen molar-refractivity contribution in [3.05, 3.63) is 29.8 Å². The van der Waals surface area contributed by atoms with Gasteiger partial charge in [0.25, 0.3) is 0 Å². The van der Waals surface area contributed by atoms with Crippen LogP contribution in [0.3, 0.4) is 0 Å². The highest BCUT2D eigenvalue weighted by Crippen LogP contribution is 2.32. The minimum atomic E-state index is -0.582. The third-order valence-electron chi connectivity index (χ3n) is 1.90. The van der Waals surface area contributed by atoms with Gasteiger partial charge in [0.15, 0.2) is 11.5 Å². The fourth-order valence-corrected chi connectivity index (χ4v) is 1.25. The lowest BCUT2D eigenvalue weighted by Gasteiger charge is -2.10. The topological polar surface area (TPSA) is 78.6 Å². The second-order valence-corrected chi connectivity index (χ2v) is 3.21. The summed E-state index contributed by atoms with van der Waals surface area (Å²) in [4.78, 5) is 21.6. The number of carbonyl (C=O) groups is 2. The van der Waals surface area contributed by atoms with Gasteiger partial charge in [-0.1, -0.05) is 12.1 Å². The Morgan fingerprint density at radius 1 is 1.35 bits per heavy atom. The van der Waals surface area contributed by atoms with Crippen LogP contribution >= 0.6 is 0 Å². The highest BCUT2D eigenvalue weighted by atomic mass is 16.6. The van der Waals surface area contributed by atoms with E-state index in [0.29, 0.717) is 11.3 Å². The van der Waals surface area contributed by atoms with Crippen LogP contribution in [-0.4, -0.2) is 19.0 Å². The average Bonchev–Trinajstić information content (AvgIpc) is 2.26. The zero-order chi connectivity index (χ0) is 12.8. The average molecular weight is 235 g/mol. The van der Waals surface area contributed by atoms with Gasteiger partial charge in [-0.15, -0.1) is 0 Å². The molecule has 0 aliphatic carbocycles. The fraction of sp³-hybridized carbons (Fsp3) is 0.167. The molecular weight excluding hydrogens is 222 g/mol. The molecule has 2 N–H and O–H groups in total. The smallest absolute Gasteiger partial charge is 0.308 e. The highest BCUT2D eigenvalue weighted by Gasteiger charge is 2.10. The molecular formula is C12H13NO4. The van der Waals surface area contributed by atoms with Crippen molar-refractivity contribution >= 4 is 18.0 Å². The molecule has 5 heteroatoms. The summed E-state index contributed by atoms with van der Waals surface area (Å²) >= 11 is 0. The van der Waals surface area contributed by atoms with E-state index >= 15 is 0 Å². The maximum Gasteiger partial charge on any atom is 0.308 e. The Labute approximate surface area is 98.8 Å². The number of hydrogen-bond donors (Lipinski definition) is 1. The minimum absolute atomic E-state index is 0.264. The van der Waals surface area contributed by atoms with E-state index in [2.05, 4.69) is 0 Å². The lowest BCUT2D eigenvalue weighted by molar-refractivity contribution is -0.132. The molecule has 0 aliphatic heterocycles. The number of nitrogens with two attached hydrogens (primary N) is 1. The molecule has 0 aliphatic rings. The summed E-state index contributed by atoms with van der Waals surface area (Å²) in [6, 6.07) is 5.05. The summed E-state index contributed by atoms with van der Waals surface area (Å²) in [7, 11) is 1.46. The van der Waals surface area contributed by atoms with E-state index in [4.69, 9.17) is 15.2 Å². The normalized spacial score (nSPS) is 10.2. The van der Waals surface area contributed by atoms with Crippen LogP contribution in [0.5, 0.6) is 11.5 Å². The number of benzene rings is 1. The van der Waals surface area contributed by atoms with Crippen molar-refractivity contribution in [3.8, 4) is 11.5 Å². The van der Waals surface area contributed by atoms with Gasteiger partial charge in [0.1, 0.15) is 0 Å². The quantitative estimate of drug-likeness (QED) is 0.482. The molecule has 5 nitrogen and oxygen atoms in total. The zero-order valence-corrected chi connectivity index (χ0v) is 9.60. The number of para-hydroxylation sites is 1. The molecule has 0 spiro atoms. The van der Waals surface area contributed by atoms with E-state index in [9.17, 15) is 9.59 Å². The Kier molecular flexibility index (Phi) is 4.28. The number of carbonyl (C=O) groups excluding carboxylic acids is 2. The summed E-state index contributed by atoms with van der Waals surface area (Å²) in [5, 5.41) is 0. The lowest BCUT2D eigenvalue weighted by atomic mass is 10.1. The van der Waals surface area contributed by atoms with Crippen molar-refractivity contribution in [2.24, 2.45) is 5.73 Å². The van der Waals surface area contributed by atoms with Gasteiger partial charge in [-0.3, -0.25) is 9.59 Å². The van der Waals surface area contributed by atoms with E-state index < -0.39 is 11.9 Å². The van der Waals surface area contributed by atoms with Crippen LogP contribution in [0.25, 0.3) is 6.08 Å². The third-order valence-corrected chi connectivity index (χ3v) is 1.90. The Bertz CT molecular complexity index is 466. The van der Waals surface area contributed by atoms with Crippen molar-refractivity contribution in [2.45, 2.75) is 6.92 Å². The molecule has 0 radical (unpaired) electrons. The number of ether oxygens (including phenoxy) is 2. The molecule has 1 rings (SSSR count). The van der Waals surface area contributed by atoms with Gasteiger partial charge in [-0.25, -0.2) is 0 Å². The van der Waals surface area contributed by atoms with Gasteiger partial charge in [0.2, 0.25) is 5.91 Å². The van der Waals surface area contributed by atoms with Crippen molar-refractivity contribution < 1.29 is 19.1 Å². The molecule has 17 heavy (non-hydrogen) atoms. The second kappa shape index (κ2) is 5.69. The van der Waals surface area contributed by atoms with Crippen LogP contribution in [0.15, 0.2) is 24.3 Å². The van der Waals surface area contributed by atoms with E-state index in [0.717, 1.165) is 0 Å². The first-order valence-corrected chi connectivity index (χ1v) is 4.87. The van der Waals surface area contributed by atoms with Crippen molar-refractivity contribution in [1.29, 1.82) is 0 Å². The molecule has 1 aromatic rings. The first-order chi connectivity index (χ1) is 8.04. The fourth-order valence-electron chi connectivity index (χ4n) is 1.25. The monoisotopic (exact) mass is 235 g/mol. The van der Waals surface area contributed by atoms with Crippen molar-refractivity contribution in [3.63, 3.8) is 0 Å². The van der Waals surface area contributed by atoms with Crippen LogP contribution in [0, 0.1) is 0 Å². The van der Waals surface area contributed by atoms with Gasteiger partial charge >= 0.3 is 5.97 Å². The molecule has 1 amide bonds. The van der Waals surface area contributed by atoms with Crippen LogP contribution in [0.1, 0.15) is 12.5 Å². The molecule has 0 fully saturated rings. The summed E-state index contributed by atoms with van der Waals surface area (Å²) in [5.74, 6) is -0.378. The molecule has 0 unspecified atom stereocenters. The molecule has 0 heterocycles. The largest absolute Gasteiger partial charge is 0.493 e. The SMILES string of the molecule is COc1cccc(/C=C\C(N)=O)c1OC(C)=O. The standard InChI is InChI=1S/C12H13NO4/c1-8(14)17-12-9(6-7-11(13)15)4-3-5-10(12)16-2/h3-7H,1-2H3,(H2,13,15)/b7-6-. The molecule has 0 saturated heterocycles. The van der Waals surface area contributed by atoms with Crippen LogP contribution in [0.2, 0.25) is 0 Å². The summed E-state index contributed by atoms with van der Waals surface area (Å²) in [6.07, 6.45) is 2.64. The van der Waals surface area contributed by atoms with Gasteiger partial charge in [-0.2, -0.15) is 0 Å². The Hall–Kier alpha value is -2.30. The van der Waals surface area contributed by atoms with Gasteiger partial charge < -0.3 is 15.2 Å². The Morgan fingerprint density at radius 2 is 2.06 bits per heavy atom. The Balaban J connectivity index is 3.18. The maximum atomic E-state index is 11.0. The number of hydrogen-bond acceptors (Lipinski definition) is 4. The number of esters is 1. The molecule has 90 valence electrons. The van der Waals surface area contributed by atoms with Crippen LogP contribution in [0.4, 0.5) is 0 Å². The summed E-state index contributed by atoms with van der Waals surface area (Å²) in [5.41, 5.74) is 5.54. The van der Waals surface area contributed by atoms with E-state index in [-0.39, 0.29) is 5.75 Å². The molecule has 0 atom stereocenters. The Morgan fingerprint density at radius 3 is 2.59 bits per heavy atom. The van der Waals surface area contributed by atoms with E-state index in [1.54, 1.807) is 18.2 Å². The molecule has 1 aromatic carbocycles. The number of methoxy groups -OCH3 is 1. The number of primary amides is 1. The van der Waals surface area contributed by atoms with Crippen LogP contribution < -0.4 is 15.2 Å². The van der Waals surface area contributed by atoms with Gasteiger partial charge in [0.05, 0.1) is 7.11 Å². The summed E-state index contributed by atoms with van der Waals surface area (Å²) in [6.45, 7) is 1.29. The van der Waals surface area contributed by atoms with Gasteiger partial charge in [0, 0.05) is 18.6 Å². The number of rotatable bonds is 4. The predicted octanol–water partition coefficient (Wildman–Crippen LogP) is 1.12. The third kappa shape index (κ3) is 3.64. The summed E-state index contributed by atoms with van der Waals surface area (Å²) < 4.78 is 10.1. The number of amides is 1. The zero-order valence-electron chi connectivity index (χ0n) is 9.60.